The van der Waals surface area contributed by atoms with Gasteiger partial charge in [-0.2, -0.15) is 0 Å². The molecule has 0 atom stereocenters. The molecule has 1 aromatic rings. The van der Waals surface area contributed by atoms with Gasteiger partial charge in [-0.05, 0) is 19.9 Å². The Kier molecular flexibility index (Phi) is 2.14. The number of hydrogen-bond acceptors (Lipinski definition) is 4. The Morgan fingerprint density at radius 1 is 1.54 bits per heavy atom. The number of aromatic nitrogens is 2. The van der Waals surface area contributed by atoms with E-state index in [2.05, 4.69) is 15.3 Å². The lowest BCUT2D eigenvalue weighted by Gasteiger charge is -2.03. The minimum absolute atomic E-state index is 0.569. The summed E-state index contributed by atoms with van der Waals surface area (Å²) in [4.78, 5) is 8.65. The van der Waals surface area contributed by atoms with Gasteiger partial charge in [0.25, 0.3) is 0 Å². The highest BCUT2D eigenvalue weighted by Gasteiger charge is 2.26. The fourth-order valence-electron chi connectivity index (χ4n) is 1.34. The number of nitrogens with zero attached hydrogens (tertiary/aromatic N) is 2. The maximum Gasteiger partial charge on any atom is 0.134 e. The third kappa shape index (κ3) is 1.95. The molecule has 0 amide bonds. The average molecular weight is 178 g/mol. The van der Waals surface area contributed by atoms with Gasteiger partial charge < -0.3 is 11.1 Å². The predicted octanol–water partition coefficient (Wildman–Crippen LogP) is 0.656. The second-order valence-electron chi connectivity index (χ2n) is 3.45. The first-order valence-corrected chi connectivity index (χ1v) is 4.57. The van der Waals surface area contributed by atoms with E-state index in [1.165, 1.54) is 12.8 Å². The molecule has 4 nitrogen and oxygen atoms in total. The molecule has 13 heavy (non-hydrogen) atoms. The van der Waals surface area contributed by atoms with E-state index in [1.54, 1.807) is 0 Å². The summed E-state index contributed by atoms with van der Waals surface area (Å²) in [5.41, 5.74) is 6.66. The van der Waals surface area contributed by atoms with Crippen LogP contribution in [0.15, 0.2) is 6.07 Å². The highest BCUT2D eigenvalue weighted by Crippen LogP contribution is 2.38. The molecular formula is C9H14N4. The van der Waals surface area contributed by atoms with Crippen LogP contribution in [0, 0.1) is 0 Å². The van der Waals surface area contributed by atoms with Crippen LogP contribution in [0.2, 0.25) is 0 Å². The maximum absolute atomic E-state index is 5.68. The summed E-state index contributed by atoms with van der Waals surface area (Å²) in [7, 11) is 1.90. The smallest absolute Gasteiger partial charge is 0.134 e. The van der Waals surface area contributed by atoms with Gasteiger partial charge in [0.15, 0.2) is 0 Å². The van der Waals surface area contributed by atoms with Crippen molar-refractivity contribution in [2.24, 2.45) is 0 Å². The molecule has 0 saturated heterocycles. The van der Waals surface area contributed by atoms with E-state index in [0.717, 1.165) is 18.1 Å². The summed E-state index contributed by atoms with van der Waals surface area (Å²) >= 11 is 0. The van der Waals surface area contributed by atoms with Gasteiger partial charge in [-0.25, -0.2) is 9.97 Å². The van der Waals surface area contributed by atoms with Crippen molar-refractivity contribution >= 4 is 5.82 Å². The number of nitrogens with two attached hydrogens (primary N) is 1. The van der Waals surface area contributed by atoms with E-state index in [1.807, 2.05) is 13.1 Å². The summed E-state index contributed by atoms with van der Waals surface area (Å²) in [6, 6.07) is 1.82. The van der Waals surface area contributed by atoms with Crippen LogP contribution in [0.1, 0.15) is 30.3 Å². The molecule has 1 aliphatic carbocycles. The average Bonchev–Trinajstić information content (AvgIpc) is 2.85. The summed E-state index contributed by atoms with van der Waals surface area (Å²) in [6.45, 7) is 0.756. The number of hydrogen-bond donors (Lipinski definition) is 2. The van der Waals surface area contributed by atoms with Crippen molar-refractivity contribution < 1.29 is 0 Å². The Balaban J connectivity index is 2.25. The van der Waals surface area contributed by atoms with Gasteiger partial charge >= 0.3 is 0 Å². The fourth-order valence-corrected chi connectivity index (χ4v) is 1.34. The summed E-state index contributed by atoms with van der Waals surface area (Å²) in [5.74, 6) is 2.08. The quantitative estimate of drug-likeness (QED) is 0.713. The Morgan fingerprint density at radius 3 is 2.92 bits per heavy atom. The lowest BCUT2D eigenvalue weighted by atomic mass is 10.3. The summed E-state index contributed by atoms with van der Waals surface area (Å²) in [5, 5.41) is 3.05. The number of rotatable bonds is 3. The third-order valence-electron chi connectivity index (χ3n) is 2.12. The molecule has 1 fully saturated rings. The molecule has 0 spiro atoms. The first-order chi connectivity index (χ1) is 6.29. The fraction of sp³-hybridized carbons (Fsp3) is 0.556. The van der Waals surface area contributed by atoms with Gasteiger partial charge in [0.05, 0.1) is 5.69 Å². The van der Waals surface area contributed by atoms with Crippen LogP contribution >= 0.6 is 0 Å². The third-order valence-corrected chi connectivity index (χ3v) is 2.12. The van der Waals surface area contributed by atoms with Gasteiger partial charge in [-0.3, -0.25) is 0 Å². The van der Waals surface area contributed by atoms with Crippen LogP contribution < -0.4 is 11.1 Å². The van der Waals surface area contributed by atoms with E-state index < -0.39 is 0 Å². The molecule has 0 bridgehead atoms. The Labute approximate surface area is 77.6 Å². The molecular weight excluding hydrogens is 164 g/mol. The molecule has 0 unspecified atom stereocenters. The minimum Gasteiger partial charge on any atom is -0.384 e. The molecule has 0 aliphatic heterocycles. The van der Waals surface area contributed by atoms with E-state index in [4.69, 9.17) is 5.73 Å². The molecule has 1 aromatic heterocycles. The topological polar surface area (TPSA) is 63.8 Å². The number of anilines is 1. The number of nitrogen functional groups attached to an aromatic ring is 1. The van der Waals surface area contributed by atoms with Crippen molar-refractivity contribution in [3.05, 3.63) is 17.6 Å². The largest absolute Gasteiger partial charge is 0.384 e. The van der Waals surface area contributed by atoms with Crippen LogP contribution in [-0.4, -0.2) is 17.0 Å². The maximum atomic E-state index is 5.68. The molecule has 1 saturated carbocycles. The zero-order valence-corrected chi connectivity index (χ0v) is 7.75. The van der Waals surface area contributed by atoms with Gasteiger partial charge in [0, 0.05) is 18.5 Å². The zero-order valence-electron chi connectivity index (χ0n) is 7.75. The van der Waals surface area contributed by atoms with Gasteiger partial charge in [-0.15, -0.1) is 0 Å². The van der Waals surface area contributed by atoms with E-state index in [0.29, 0.717) is 11.7 Å². The van der Waals surface area contributed by atoms with E-state index in [-0.39, 0.29) is 0 Å². The Hall–Kier alpha value is -1.16. The highest BCUT2D eigenvalue weighted by molar-refractivity contribution is 5.31. The first-order valence-electron chi connectivity index (χ1n) is 4.57. The lowest BCUT2D eigenvalue weighted by molar-refractivity contribution is 0.769. The molecule has 0 radical (unpaired) electrons. The second kappa shape index (κ2) is 3.30. The molecule has 0 aromatic carbocycles. The summed E-state index contributed by atoms with van der Waals surface area (Å²) < 4.78 is 0. The number of nitrogens with one attached hydrogen (secondary N) is 1. The normalized spacial score (nSPS) is 16.1. The van der Waals surface area contributed by atoms with Crippen LogP contribution in [0.25, 0.3) is 0 Å². The SMILES string of the molecule is CNCc1cc(N)nc(C2CC2)n1. The van der Waals surface area contributed by atoms with E-state index >= 15 is 0 Å². The van der Waals surface area contributed by atoms with Gasteiger partial charge in [-0.1, -0.05) is 0 Å². The second-order valence-corrected chi connectivity index (χ2v) is 3.45. The van der Waals surface area contributed by atoms with Crippen molar-refractivity contribution in [3.63, 3.8) is 0 Å². The zero-order chi connectivity index (χ0) is 9.26. The monoisotopic (exact) mass is 178 g/mol. The lowest BCUT2D eigenvalue weighted by Crippen LogP contribution is -2.10. The molecule has 3 N–H and O–H groups in total. The van der Waals surface area contributed by atoms with Crippen molar-refractivity contribution in [2.75, 3.05) is 12.8 Å². The Bertz CT molecular complexity index is 306. The van der Waals surface area contributed by atoms with Crippen LogP contribution in [0.5, 0.6) is 0 Å². The van der Waals surface area contributed by atoms with Crippen molar-refractivity contribution in [1.29, 1.82) is 0 Å². The summed E-state index contributed by atoms with van der Waals surface area (Å²) in [6.07, 6.45) is 2.42. The van der Waals surface area contributed by atoms with Crippen molar-refractivity contribution in [2.45, 2.75) is 25.3 Å². The van der Waals surface area contributed by atoms with Gasteiger partial charge in [0.2, 0.25) is 0 Å². The standard InChI is InChI=1S/C9H14N4/c1-11-5-7-4-8(10)13-9(12-7)6-2-3-6/h4,6,11H,2-3,5H2,1H3,(H2,10,12,13). The van der Waals surface area contributed by atoms with Gasteiger partial charge in [0.1, 0.15) is 11.6 Å². The Morgan fingerprint density at radius 2 is 2.31 bits per heavy atom. The molecule has 1 aliphatic rings. The van der Waals surface area contributed by atoms with Crippen LogP contribution in [-0.2, 0) is 6.54 Å². The van der Waals surface area contributed by atoms with Crippen LogP contribution in [0.3, 0.4) is 0 Å². The van der Waals surface area contributed by atoms with Crippen molar-refractivity contribution in [3.8, 4) is 0 Å². The highest BCUT2D eigenvalue weighted by atomic mass is 15.0. The molecule has 70 valence electrons. The first kappa shape index (κ1) is 8.44. The van der Waals surface area contributed by atoms with Crippen LogP contribution in [0.4, 0.5) is 5.82 Å². The molecule has 1 heterocycles. The molecule has 2 rings (SSSR count). The minimum atomic E-state index is 0.569. The van der Waals surface area contributed by atoms with E-state index in [9.17, 15) is 0 Å². The molecule has 4 heteroatoms. The van der Waals surface area contributed by atoms with Crippen molar-refractivity contribution in [1.82, 2.24) is 15.3 Å². The predicted molar refractivity (Wildman–Crippen MR) is 51.2 cm³/mol.